The molecule has 1 aromatic heterocycles. The van der Waals surface area contributed by atoms with Crippen LogP contribution < -0.4 is 5.32 Å². The molecule has 3 aromatic rings. The minimum absolute atomic E-state index is 0.0194. The SMILES string of the molecule is Cn1c(NC(=O)CCSC=Cc2ccccc2)nc2ccccc21. The van der Waals surface area contributed by atoms with Gasteiger partial charge in [-0.1, -0.05) is 42.5 Å². The third kappa shape index (κ3) is 4.06. The van der Waals surface area contributed by atoms with Gasteiger partial charge in [-0.3, -0.25) is 10.1 Å². The van der Waals surface area contributed by atoms with E-state index in [1.54, 1.807) is 11.8 Å². The molecule has 0 bridgehead atoms. The highest BCUT2D eigenvalue weighted by molar-refractivity contribution is 8.02. The van der Waals surface area contributed by atoms with E-state index in [1.807, 2.05) is 65.6 Å². The normalized spacial score (nSPS) is 11.2. The number of anilines is 1. The minimum atomic E-state index is -0.0194. The second kappa shape index (κ2) is 7.84. The van der Waals surface area contributed by atoms with Gasteiger partial charge in [-0.25, -0.2) is 4.98 Å². The van der Waals surface area contributed by atoms with Crippen LogP contribution in [0.25, 0.3) is 17.1 Å². The van der Waals surface area contributed by atoms with Crippen molar-refractivity contribution in [3.05, 3.63) is 65.6 Å². The summed E-state index contributed by atoms with van der Waals surface area (Å²) in [4.78, 5) is 16.5. The van der Waals surface area contributed by atoms with Gasteiger partial charge in [-0.05, 0) is 29.2 Å². The molecule has 2 aromatic carbocycles. The number of thioether (sulfide) groups is 1. The van der Waals surface area contributed by atoms with Crippen molar-refractivity contribution in [2.75, 3.05) is 11.1 Å². The predicted molar refractivity (Wildman–Crippen MR) is 102 cm³/mol. The number of nitrogens with zero attached hydrogens (tertiary/aromatic N) is 2. The number of carbonyl (C=O) groups is 1. The zero-order valence-electron chi connectivity index (χ0n) is 13.5. The number of imidazole rings is 1. The molecule has 0 fully saturated rings. The molecule has 0 spiro atoms. The lowest BCUT2D eigenvalue weighted by Gasteiger charge is -2.04. The first kappa shape index (κ1) is 16.3. The van der Waals surface area contributed by atoms with Gasteiger partial charge in [0.15, 0.2) is 0 Å². The topological polar surface area (TPSA) is 46.9 Å². The largest absolute Gasteiger partial charge is 0.313 e. The molecule has 0 aliphatic rings. The number of rotatable bonds is 6. The molecule has 0 saturated carbocycles. The summed E-state index contributed by atoms with van der Waals surface area (Å²) in [6, 6.07) is 17.9. The number of benzene rings is 2. The molecule has 0 unspecified atom stereocenters. The second-order valence-electron chi connectivity index (χ2n) is 5.37. The van der Waals surface area contributed by atoms with Crippen LogP contribution in [0.5, 0.6) is 0 Å². The first-order chi connectivity index (χ1) is 11.7. The summed E-state index contributed by atoms with van der Waals surface area (Å²) in [5.41, 5.74) is 3.05. The van der Waals surface area contributed by atoms with Crippen molar-refractivity contribution in [3.63, 3.8) is 0 Å². The monoisotopic (exact) mass is 337 g/mol. The Kier molecular flexibility index (Phi) is 5.33. The van der Waals surface area contributed by atoms with Crippen LogP contribution in [0, 0.1) is 0 Å². The van der Waals surface area contributed by atoms with E-state index in [0.717, 1.165) is 22.3 Å². The van der Waals surface area contributed by atoms with Gasteiger partial charge in [0, 0.05) is 19.2 Å². The molecule has 0 atom stereocenters. The van der Waals surface area contributed by atoms with E-state index in [2.05, 4.69) is 22.4 Å². The van der Waals surface area contributed by atoms with Crippen LogP contribution in [0.1, 0.15) is 12.0 Å². The summed E-state index contributed by atoms with van der Waals surface area (Å²) in [5, 5.41) is 4.91. The number of nitrogens with one attached hydrogen (secondary N) is 1. The fraction of sp³-hybridized carbons (Fsp3) is 0.158. The standard InChI is InChI=1S/C19H19N3OS/c1-22-17-10-6-5-9-16(17)20-19(22)21-18(23)12-14-24-13-11-15-7-3-2-4-8-15/h2-11,13H,12,14H2,1H3,(H,20,21,23). The lowest BCUT2D eigenvalue weighted by Crippen LogP contribution is -2.15. The van der Waals surface area contributed by atoms with Crippen molar-refractivity contribution in [1.29, 1.82) is 0 Å². The Hall–Kier alpha value is -2.53. The average Bonchev–Trinajstić information content (AvgIpc) is 2.92. The van der Waals surface area contributed by atoms with Crippen LogP contribution in [0.2, 0.25) is 0 Å². The molecule has 3 rings (SSSR count). The number of hydrogen-bond donors (Lipinski definition) is 1. The Bertz CT molecular complexity index is 855. The van der Waals surface area contributed by atoms with Crippen molar-refractivity contribution in [1.82, 2.24) is 9.55 Å². The summed E-state index contributed by atoms with van der Waals surface area (Å²) < 4.78 is 1.90. The molecular weight excluding hydrogens is 318 g/mol. The summed E-state index contributed by atoms with van der Waals surface area (Å²) >= 11 is 1.63. The molecule has 1 amide bonds. The van der Waals surface area contributed by atoms with E-state index >= 15 is 0 Å². The number of fused-ring (bicyclic) bond motifs is 1. The number of aromatic nitrogens is 2. The van der Waals surface area contributed by atoms with E-state index in [9.17, 15) is 4.79 Å². The van der Waals surface area contributed by atoms with Crippen molar-refractivity contribution in [3.8, 4) is 0 Å². The van der Waals surface area contributed by atoms with E-state index in [-0.39, 0.29) is 5.91 Å². The maximum atomic E-state index is 12.1. The number of aryl methyl sites for hydroxylation is 1. The smallest absolute Gasteiger partial charge is 0.227 e. The molecule has 1 heterocycles. The Balaban J connectivity index is 1.49. The number of hydrogen-bond acceptors (Lipinski definition) is 3. The highest BCUT2D eigenvalue weighted by Crippen LogP contribution is 2.18. The van der Waals surface area contributed by atoms with Gasteiger partial charge in [0.25, 0.3) is 0 Å². The molecule has 0 radical (unpaired) electrons. The van der Waals surface area contributed by atoms with E-state index in [1.165, 1.54) is 0 Å². The lowest BCUT2D eigenvalue weighted by atomic mass is 10.2. The highest BCUT2D eigenvalue weighted by Gasteiger charge is 2.09. The maximum Gasteiger partial charge on any atom is 0.227 e. The quantitative estimate of drug-likeness (QED) is 0.682. The Morgan fingerprint density at radius 1 is 1.17 bits per heavy atom. The first-order valence-electron chi connectivity index (χ1n) is 7.78. The van der Waals surface area contributed by atoms with Crippen LogP contribution in [0.4, 0.5) is 5.95 Å². The molecule has 0 aliphatic heterocycles. The first-order valence-corrected chi connectivity index (χ1v) is 8.83. The Morgan fingerprint density at radius 3 is 2.71 bits per heavy atom. The van der Waals surface area contributed by atoms with E-state index in [0.29, 0.717) is 12.4 Å². The maximum absolute atomic E-state index is 12.1. The number of amides is 1. The molecule has 1 N–H and O–H groups in total. The summed E-state index contributed by atoms with van der Waals surface area (Å²) in [5.74, 6) is 1.30. The lowest BCUT2D eigenvalue weighted by molar-refractivity contribution is -0.115. The van der Waals surface area contributed by atoms with Crippen LogP contribution in [0.15, 0.2) is 60.0 Å². The van der Waals surface area contributed by atoms with Crippen molar-refractivity contribution < 1.29 is 4.79 Å². The van der Waals surface area contributed by atoms with Crippen molar-refractivity contribution in [2.45, 2.75) is 6.42 Å². The van der Waals surface area contributed by atoms with Crippen molar-refractivity contribution >= 4 is 40.7 Å². The van der Waals surface area contributed by atoms with E-state index in [4.69, 9.17) is 0 Å². The zero-order valence-corrected chi connectivity index (χ0v) is 14.3. The van der Waals surface area contributed by atoms with Gasteiger partial charge in [0.2, 0.25) is 11.9 Å². The molecule has 0 aliphatic carbocycles. The van der Waals surface area contributed by atoms with Gasteiger partial charge in [0.1, 0.15) is 0 Å². The van der Waals surface area contributed by atoms with Crippen LogP contribution >= 0.6 is 11.8 Å². The highest BCUT2D eigenvalue weighted by atomic mass is 32.2. The summed E-state index contributed by atoms with van der Waals surface area (Å²) in [6.07, 6.45) is 2.50. The van der Waals surface area contributed by atoms with Crippen LogP contribution in [0.3, 0.4) is 0 Å². The van der Waals surface area contributed by atoms with Crippen LogP contribution in [-0.4, -0.2) is 21.2 Å². The minimum Gasteiger partial charge on any atom is -0.313 e. The third-order valence-electron chi connectivity index (χ3n) is 3.64. The fourth-order valence-corrected chi connectivity index (χ4v) is 3.05. The molecule has 0 saturated heterocycles. The number of carbonyl (C=O) groups excluding carboxylic acids is 1. The number of para-hydroxylation sites is 2. The van der Waals surface area contributed by atoms with Gasteiger partial charge in [-0.2, -0.15) is 0 Å². The predicted octanol–water partition coefficient (Wildman–Crippen LogP) is 4.31. The molecular formula is C19H19N3OS. The zero-order chi connectivity index (χ0) is 16.8. The third-order valence-corrected chi connectivity index (χ3v) is 4.41. The average molecular weight is 337 g/mol. The van der Waals surface area contributed by atoms with Crippen molar-refractivity contribution in [2.24, 2.45) is 7.05 Å². The van der Waals surface area contributed by atoms with Gasteiger partial charge < -0.3 is 4.57 Å². The van der Waals surface area contributed by atoms with Gasteiger partial charge >= 0.3 is 0 Å². The van der Waals surface area contributed by atoms with Gasteiger partial charge in [0.05, 0.1) is 11.0 Å². The second-order valence-corrected chi connectivity index (χ2v) is 6.38. The molecule has 24 heavy (non-hydrogen) atoms. The molecule has 4 nitrogen and oxygen atoms in total. The Labute approximate surface area is 145 Å². The van der Waals surface area contributed by atoms with Crippen LogP contribution in [-0.2, 0) is 11.8 Å². The Morgan fingerprint density at radius 2 is 1.92 bits per heavy atom. The summed E-state index contributed by atoms with van der Waals surface area (Å²) in [6.45, 7) is 0. The fourth-order valence-electron chi connectivity index (χ4n) is 2.36. The van der Waals surface area contributed by atoms with Gasteiger partial charge in [-0.15, -0.1) is 11.8 Å². The molecule has 5 heteroatoms. The molecule has 122 valence electrons. The summed E-state index contributed by atoms with van der Waals surface area (Å²) in [7, 11) is 1.91. The van der Waals surface area contributed by atoms with E-state index < -0.39 is 0 Å².